The Hall–Kier alpha value is -3.50. The molecule has 2 aromatic carbocycles. The van der Waals surface area contributed by atoms with Gasteiger partial charge in [-0.05, 0) is 54.6 Å². The number of nitrogens with zero attached hydrogens (tertiary/aromatic N) is 4. The number of rotatable bonds is 7. The Morgan fingerprint density at radius 2 is 1.94 bits per heavy atom. The summed E-state index contributed by atoms with van der Waals surface area (Å²) < 4.78 is 6.50. The number of thioether (sulfide) groups is 1. The van der Waals surface area contributed by atoms with Crippen molar-refractivity contribution in [3.05, 3.63) is 59.6 Å². The number of carbonyl (C=O) groups excluding carboxylic acids is 1. The Morgan fingerprint density at radius 3 is 2.65 bits per heavy atom. The number of aromatic amines is 1. The van der Waals surface area contributed by atoms with Crippen molar-refractivity contribution >= 4 is 35.0 Å². The SMILES string of the molecule is COc1ccc(-c2cc(-c3nnc(SCC(=O)Nc4ccc(Cl)cc4)n3N)[nH]n2)cc1. The van der Waals surface area contributed by atoms with E-state index in [2.05, 4.69) is 25.7 Å². The van der Waals surface area contributed by atoms with Crippen LogP contribution in [0.4, 0.5) is 5.69 Å². The second kappa shape index (κ2) is 9.11. The molecule has 0 spiro atoms. The summed E-state index contributed by atoms with van der Waals surface area (Å²) in [6, 6.07) is 16.2. The lowest BCUT2D eigenvalue weighted by atomic mass is 10.1. The number of amides is 1. The van der Waals surface area contributed by atoms with Gasteiger partial charge < -0.3 is 15.9 Å². The first kappa shape index (κ1) is 20.8. The first-order valence-corrected chi connectivity index (χ1v) is 10.5. The van der Waals surface area contributed by atoms with Crippen LogP contribution in [0.25, 0.3) is 22.8 Å². The highest BCUT2D eigenvalue weighted by Crippen LogP contribution is 2.26. The molecule has 0 fully saturated rings. The maximum absolute atomic E-state index is 12.2. The van der Waals surface area contributed by atoms with E-state index in [-0.39, 0.29) is 11.7 Å². The number of nitrogens with one attached hydrogen (secondary N) is 2. The molecule has 158 valence electrons. The second-order valence-electron chi connectivity index (χ2n) is 6.42. The summed E-state index contributed by atoms with van der Waals surface area (Å²) in [4.78, 5) is 12.2. The molecule has 4 N–H and O–H groups in total. The van der Waals surface area contributed by atoms with Crippen molar-refractivity contribution in [1.29, 1.82) is 0 Å². The van der Waals surface area contributed by atoms with Gasteiger partial charge in [-0.1, -0.05) is 23.4 Å². The van der Waals surface area contributed by atoms with E-state index in [4.69, 9.17) is 22.2 Å². The van der Waals surface area contributed by atoms with Crippen LogP contribution in [0.3, 0.4) is 0 Å². The maximum atomic E-state index is 12.2. The molecule has 4 aromatic rings. The quantitative estimate of drug-likeness (QED) is 0.288. The van der Waals surface area contributed by atoms with E-state index < -0.39 is 0 Å². The van der Waals surface area contributed by atoms with Crippen LogP contribution in [-0.4, -0.2) is 43.8 Å². The minimum absolute atomic E-state index is 0.123. The molecule has 0 aliphatic heterocycles. The predicted molar refractivity (Wildman–Crippen MR) is 121 cm³/mol. The molecule has 0 saturated heterocycles. The van der Waals surface area contributed by atoms with Gasteiger partial charge in [-0.2, -0.15) is 5.10 Å². The van der Waals surface area contributed by atoms with E-state index in [0.717, 1.165) is 17.0 Å². The number of aromatic nitrogens is 5. The highest BCUT2D eigenvalue weighted by molar-refractivity contribution is 7.99. The smallest absolute Gasteiger partial charge is 0.234 e. The molecule has 0 unspecified atom stereocenters. The topological polar surface area (TPSA) is 124 Å². The Labute approximate surface area is 186 Å². The summed E-state index contributed by atoms with van der Waals surface area (Å²) in [6.45, 7) is 0. The van der Waals surface area contributed by atoms with Crippen LogP contribution in [0.1, 0.15) is 0 Å². The zero-order chi connectivity index (χ0) is 21.8. The number of halogens is 1. The fourth-order valence-corrected chi connectivity index (χ4v) is 3.55. The largest absolute Gasteiger partial charge is 0.497 e. The first-order chi connectivity index (χ1) is 15.0. The van der Waals surface area contributed by atoms with Crippen LogP contribution in [0.2, 0.25) is 5.02 Å². The molecule has 0 aliphatic carbocycles. The van der Waals surface area contributed by atoms with Crippen LogP contribution in [0, 0.1) is 0 Å². The van der Waals surface area contributed by atoms with Gasteiger partial charge in [-0.3, -0.25) is 9.89 Å². The van der Waals surface area contributed by atoms with Crippen LogP contribution in [0.15, 0.2) is 59.8 Å². The third-order valence-corrected chi connectivity index (χ3v) is 5.52. The van der Waals surface area contributed by atoms with E-state index in [1.807, 2.05) is 30.3 Å². The standard InChI is InChI=1S/C20H18ClN7O2S/c1-30-15-8-2-12(3-9-15)16-10-17(25-24-16)19-26-27-20(28(19)22)31-11-18(29)23-14-6-4-13(21)5-7-14/h2-10H,11,22H2,1H3,(H,23,29)(H,24,25). The molecule has 0 bridgehead atoms. The second-order valence-corrected chi connectivity index (χ2v) is 7.79. The highest BCUT2D eigenvalue weighted by Gasteiger charge is 2.16. The number of H-pyrrole nitrogens is 1. The predicted octanol–water partition coefficient (Wildman–Crippen LogP) is 3.44. The number of methoxy groups -OCH3 is 1. The average molecular weight is 456 g/mol. The van der Waals surface area contributed by atoms with E-state index in [1.54, 1.807) is 31.4 Å². The van der Waals surface area contributed by atoms with E-state index in [0.29, 0.717) is 27.4 Å². The summed E-state index contributed by atoms with van der Waals surface area (Å²) in [5.74, 6) is 7.24. The van der Waals surface area contributed by atoms with E-state index in [1.165, 1.54) is 16.4 Å². The lowest BCUT2D eigenvalue weighted by molar-refractivity contribution is -0.113. The van der Waals surface area contributed by atoms with Crippen LogP contribution >= 0.6 is 23.4 Å². The maximum Gasteiger partial charge on any atom is 0.234 e. The van der Waals surface area contributed by atoms with Crippen molar-refractivity contribution in [2.24, 2.45) is 0 Å². The van der Waals surface area contributed by atoms with Gasteiger partial charge >= 0.3 is 0 Å². The fraction of sp³-hybridized carbons (Fsp3) is 0.100. The zero-order valence-corrected chi connectivity index (χ0v) is 17.9. The van der Waals surface area contributed by atoms with Crippen molar-refractivity contribution in [3.8, 4) is 28.5 Å². The molecule has 0 saturated carbocycles. The van der Waals surface area contributed by atoms with Gasteiger partial charge in [0.05, 0.1) is 18.6 Å². The Balaban J connectivity index is 1.41. The zero-order valence-electron chi connectivity index (χ0n) is 16.4. The minimum atomic E-state index is -0.194. The summed E-state index contributed by atoms with van der Waals surface area (Å²) in [5, 5.41) is 19.2. The fourth-order valence-electron chi connectivity index (χ4n) is 2.77. The van der Waals surface area contributed by atoms with Crippen molar-refractivity contribution in [3.63, 3.8) is 0 Å². The Bertz CT molecular complexity index is 1190. The normalized spacial score (nSPS) is 10.8. The van der Waals surface area contributed by atoms with Gasteiger partial charge in [-0.15, -0.1) is 10.2 Å². The average Bonchev–Trinajstić information content (AvgIpc) is 3.41. The Morgan fingerprint density at radius 1 is 1.19 bits per heavy atom. The van der Waals surface area contributed by atoms with E-state index >= 15 is 0 Å². The molecule has 1 amide bonds. The molecular formula is C20H18ClN7O2S. The number of hydrogen-bond acceptors (Lipinski definition) is 7. The molecule has 9 nitrogen and oxygen atoms in total. The van der Waals surface area contributed by atoms with E-state index in [9.17, 15) is 4.79 Å². The lowest BCUT2D eigenvalue weighted by Crippen LogP contribution is -2.16. The van der Waals surface area contributed by atoms with Crippen LogP contribution in [-0.2, 0) is 4.79 Å². The molecule has 31 heavy (non-hydrogen) atoms. The summed E-state index contributed by atoms with van der Waals surface area (Å²) >= 11 is 7.03. The first-order valence-electron chi connectivity index (χ1n) is 9.12. The number of anilines is 1. The molecule has 2 heterocycles. The number of benzene rings is 2. The van der Waals surface area contributed by atoms with Crippen LogP contribution in [0.5, 0.6) is 5.75 Å². The third kappa shape index (κ3) is 4.81. The molecular weight excluding hydrogens is 438 g/mol. The van der Waals surface area contributed by atoms with Gasteiger partial charge in [0.25, 0.3) is 0 Å². The number of nitrogen functional groups attached to an aromatic ring is 1. The number of carbonyl (C=O) groups is 1. The summed E-state index contributed by atoms with van der Waals surface area (Å²) in [6.07, 6.45) is 0. The molecule has 0 radical (unpaired) electrons. The molecule has 0 aliphatic rings. The van der Waals surface area contributed by atoms with Gasteiger partial charge in [-0.25, -0.2) is 4.68 Å². The third-order valence-electron chi connectivity index (χ3n) is 4.33. The number of nitrogens with two attached hydrogens (primary N) is 1. The molecule has 0 atom stereocenters. The van der Waals surface area contributed by atoms with Gasteiger partial charge in [0.15, 0.2) is 0 Å². The van der Waals surface area contributed by atoms with Crippen molar-refractivity contribution in [2.45, 2.75) is 5.16 Å². The van der Waals surface area contributed by atoms with Crippen molar-refractivity contribution < 1.29 is 9.53 Å². The van der Waals surface area contributed by atoms with Crippen LogP contribution < -0.4 is 15.9 Å². The number of hydrogen-bond donors (Lipinski definition) is 3. The lowest BCUT2D eigenvalue weighted by Gasteiger charge is -2.05. The molecule has 4 rings (SSSR count). The summed E-state index contributed by atoms with van der Waals surface area (Å²) in [5.41, 5.74) is 2.92. The highest BCUT2D eigenvalue weighted by atomic mass is 35.5. The molecule has 2 aromatic heterocycles. The number of ether oxygens (including phenoxy) is 1. The Kier molecular flexibility index (Phi) is 6.10. The van der Waals surface area contributed by atoms with Crippen molar-refractivity contribution in [2.75, 3.05) is 24.0 Å². The van der Waals surface area contributed by atoms with Crippen molar-refractivity contribution in [1.82, 2.24) is 25.1 Å². The summed E-state index contributed by atoms with van der Waals surface area (Å²) in [7, 11) is 1.62. The molecule has 11 heteroatoms. The van der Waals surface area contributed by atoms with Gasteiger partial charge in [0.2, 0.25) is 16.9 Å². The monoisotopic (exact) mass is 455 g/mol. The van der Waals surface area contributed by atoms with Gasteiger partial charge in [0.1, 0.15) is 11.4 Å². The van der Waals surface area contributed by atoms with Gasteiger partial charge in [0, 0.05) is 16.3 Å². The minimum Gasteiger partial charge on any atom is -0.497 e.